The fourth-order valence-corrected chi connectivity index (χ4v) is 2.70. The smallest absolute Gasteiger partial charge is 0.197 e. The Morgan fingerprint density at radius 1 is 0.909 bits per heavy atom. The molecule has 0 amide bonds. The van der Waals surface area contributed by atoms with Crippen molar-refractivity contribution in [1.82, 2.24) is 9.97 Å². The summed E-state index contributed by atoms with van der Waals surface area (Å²) in [5.74, 6) is 0.534. The van der Waals surface area contributed by atoms with Gasteiger partial charge in [-0.3, -0.25) is 0 Å². The largest absolute Gasteiger partial charge is 0.369 e. The monoisotopic (exact) mass is 305 g/mol. The summed E-state index contributed by atoms with van der Waals surface area (Å²) < 4.78 is 0. The number of anilines is 1. The van der Waals surface area contributed by atoms with Gasteiger partial charge in [0.25, 0.3) is 0 Å². The van der Waals surface area contributed by atoms with E-state index in [1.165, 1.54) is 77.0 Å². The lowest BCUT2D eigenvalue weighted by Crippen LogP contribution is -1.89. The molecule has 0 bridgehead atoms. The molecule has 3 nitrogen and oxygen atoms in total. The van der Waals surface area contributed by atoms with Crippen LogP contribution in [0.15, 0.2) is 18.3 Å². The summed E-state index contributed by atoms with van der Waals surface area (Å²) in [4.78, 5) is 7.15. The van der Waals surface area contributed by atoms with Gasteiger partial charge in [-0.1, -0.05) is 64.0 Å². The maximum atomic E-state index is 5.56. The van der Waals surface area contributed by atoms with Crippen molar-refractivity contribution in [3.8, 4) is 0 Å². The SMILES string of the molecule is CCCCCCC/C=C\CCCCCCCc1c[nH]c(N)n1. The number of aromatic nitrogens is 2. The highest BCUT2D eigenvalue weighted by Gasteiger charge is 1.97. The average molecular weight is 306 g/mol. The van der Waals surface area contributed by atoms with Crippen LogP contribution in [0.4, 0.5) is 5.95 Å². The Morgan fingerprint density at radius 3 is 2.09 bits per heavy atom. The first kappa shape index (κ1) is 18.8. The summed E-state index contributed by atoms with van der Waals surface area (Å²) in [5, 5.41) is 0. The molecule has 3 heteroatoms. The van der Waals surface area contributed by atoms with Crippen LogP contribution in [-0.4, -0.2) is 9.97 Å². The van der Waals surface area contributed by atoms with Crippen LogP contribution in [0.3, 0.4) is 0 Å². The predicted molar refractivity (Wildman–Crippen MR) is 96.9 cm³/mol. The van der Waals surface area contributed by atoms with Gasteiger partial charge < -0.3 is 10.7 Å². The standard InChI is InChI=1S/C19H35N3/c1-2-3-4-5-6-7-8-9-10-11-12-13-14-15-16-18-17-21-19(20)22-18/h8-9,17H,2-7,10-16H2,1H3,(H3,20,21,22)/b9-8-. The highest BCUT2D eigenvalue weighted by Crippen LogP contribution is 2.10. The number of aromatic amines is 1. The van der Waals surface area contributed by atoms with E-state index < -0.39 is 0 Å². The molecule has 0 aliphatic carbocycles. The lowest BCUT2D eigenvalue weighted by atomic mass is 10.1. The fourth-order valence-electron chi connectivity index (χ4n) is 2.70. The van der Waals surface area contributed by atoms with Crippen molar-refractivity contribution in [3.05, 3.63) is 24.0 Å². The number of allylic oxidation sites excluding steroid dienone is 2. The number of hydrogen-bond donors (Lipinski definition) is 2. The van der Waals surface area contributed by atoms with E-state index in [1.807, 2.05) is 6.20 Å². The van der Waals surface area contributed by atoms with Gasteiger partial charge in [-0.2, -0.15) is 0 Å². The maximum Gasteiger partial charge on any atom is 0.197 e. The second-order valence-electron chi connectivity index (χ2n) is 6.26. The van der Waals surface area contributed by atoms with Crippen molar-refractivity contribution in [1.29, 1.82) is 0 Å². The Hall–Kier alpha value is -1.25. The molecule has 0 radical (unpaired) electrons. The molecular formula is C19H35N3. The minimum Gasteiger partial charge on any atom is -0.369 e. The van der Waals surface area contributed by atoms with E-state index in [0.29, 0.717) is 5.95 Å². The Bertz CT molecular complexity index is 382. The summed E-state index contributed by atoms with van der Waals surface area (Å²) in [5.41, 5.74) is 6.65. The molecule has 0 unspecified atom stereocenters. The third-order valence-corrected chi connectivity index (χ3v) is 4.10. The fraction of sp³-hybridized carbons (Fsp3) is 0.737. The van der Waals surface area contributed by atoms with Crippen LogP contribution in [0.25, 0.3) is 0 Å². The van der Waals surface area contributed by atoms with Crippen LogP contribution < -0.4 is 5.73 Å². The number of imidazole rings is 1. The highest BCUT2D eigenvalue weighted by atomic mass is 15.0. The number of nitrogen functional groups attached to an aromatic ring is 1. The number of nitrogens with two attached hydrogens (primary N) is 1. The van der Waals surface area contributed by atoms with Gasteiger partial charge in [0.1, 0.15) is 0 Å². The summed E-state index contributed by atoms with van der Waals surface area (Å²) in [7, 11) is 0. The molecular weight excluding hydrogens is 270 g/mol. The summed E-state index contributed by atoms with van der Waals surface area (Å²) in [6.45, 7) is 2.27. The van der Waals surface area contributed by atoms with Crippen molar-refractivity contribution in [2.45, 2.75) is 90.4 Å². The number of aryl methyl sites for hydroxylation is 1. The molecule has 126 valence electrons. The van der Waals surface area contributed by atoms with E-state index in [0.717, 1.165) is 12.1 Å². The molecule has 1 aromatic rings. The third-order valence-electron chi connectivity index (χ3n) is 4.10. The molecule has 1 rings (SSSR count). The molecule has 0 fully saturated rings. The van der Waals surface area contributed by atoms with Crippen LogP contribution in [0.5, 0.6) is 0 Å². The summed E-state index contributed by atoms with van der Waals surface area (Å²) in [6.07, 6.45) is 23.7. The summed E-state index contributed by atoms with van der Waals surface area (Å²) >= 11 is 0. The number of nitrogens with one attached hydrogen (secondary N) is 1. The van der Waals surface area contributed by atoms with Crippen LogP contribution in [0, 0.1) is 0 Å². The molecule has 0 saturated carbocycles. The first-order valence-electron chi connectivity index (χ1n) is 9.27. The maximum absolute atomic E-state index is 5.56. The quantitative estimate of drug-likeness (QED) is 0.337. The molecule has 1 heterocycles. The van der Waals surface area contributed by atoms with Crippen molar-refractivity contribution < 1.29 is 0 Å². The van der Waals surface area contributed by atoms with Gasteiger partial charge in [-0.25, -0.2) is 4.98 Å². The van der Waals surface area contributed by atoms with Gasteiger partial charge in [0.15, 0.2) is 5.95 Å². The molecule has 0 aliphatic heterocycles. The Kier molecular flexibility index (Phi) is 11.5. The molecule has 22 heavy (non-hydrogen) atoms. The van der Waals surface area contributed by atoms with E-state index >= 15 is 0 Å². The molecule has 0 atom stereocenters. The Labute approximate surface area is 136 Å². The van der Waals surface area contributed by atoms with Gasteiger partial charge in [0.05, 0.1) is 5.69 Å². The van der Waals surface area contributed by atoms with Gasteiger partial charge in [-0.15, -0.1) is 0 Å². The number of H-pyrrole nitrogens is 1. The average Bonchev–Trinajstić information content (AvgIpc) is 2.93. The van der Waals surface area contributed by atoms with Gasteiger partial charge in [0.2, 0.25) is 0 Å². The summed E-state index contributed by atoms with van der Waals surface area (Å²) in [6, 6.07) is 0. The topological polar surface area (TPSA) is 54.7 Å². The van der Waals surface area contributed by atoms with Crippen LogP contribution in [0.1, 0.15) is 89.7 Å². The number of unbranched alkanes of at least 4 members (excludes halogenated alkanes) is 10. The molecule has 0 aliphatic rings. The molecule has 1 aromatic heterocycles. The van der Waals surface area contributed by atoms with E-state index in [9.17, 15) is 0 Å². The predicted octanol–water partition coefficient (Wildman–Crippen LogP) is 5.79. The molecule has 0 spiro atoms. The number of nitrogens with zero attached hydrogens (tertiary/aromatic N) is 1. The van der Waals surface area contributed by atoms with Crippen molar-refractivity contribution in [2.24, 2.45) is 0 Å². The van der Waals surface area contributed by atoms with Crippen LogP contribution in [0.2, 0.25) is 0 Å². The first-order valence-corrected chi connectivity index (χ1v) is 9.27. The van der Waals surface area contributed by atoms with Gasteiger partial charge >= 0.3 is 0 Å². The van der Waals surface area contributed by atoms with Crippen molar-refractivity contribution >= 4 is 5.95 Å². The van der Waals surface area contributed by atoms with Gasteiger partial charge in [0, 0.05) is 6.20 Å². The molecule has 3 N–H and O–H groups in total. The van der Waals surface area contributed by atoms with Crippen molar-refractivity contribution in [3.63, 3.8) is 0 Å². The van der Waals surface area contributed by atoms with Crippen LogP contribution in [-0.2, 0) is 6.42 Å². The zero-order valence-corrected chi connectivity index (χ0v) is 14.4. The van der Waals surface area contributed by atoms with E-state index in [1.54, 1.807) is 0 Å². The first-order chi connectivity index (χ1) is 10.8. The second kappa shape index (κ2) is 13.4. The van der Waals surface area contributed by atoms with Crippen LogP contribution >= 0.6 is 0 Å². The normalized spacial score (nSPS) is 11.5. The van der Waals surface area contributed by atoms with E-state index in [4.69, 9.17) is 5.73 Å². The zero-order valence-electron chi connectivity index (χ0n) is 14.4. The zero-order chi connectivity index (χ0) is 15.9. The highest BCUT2D eigenvalue weighted by molar-refractivity contribution is 5.18. The molecule has 0 aromatic carbocycles. The minimum absolute atomic E-state index is 0.534. The second-order valence-corrected chi connectivity index (χ2v) is 6.26. The van der Waals surface area contributed by atoms with E-state index in [2.05, 4.69) is 29.0 Å². The van der Waals surface area contributed by atoms with Crippen molar-refractivity contribution in [2.75, 3.05) is 5.73 Å². The Balaban J connectivity index is 1.79. The number of rotatable bonds is 14. The number of hydrogen-bond acceptors (Lipinski definition) is 2. The third kappa shape index (κ3) is 10.5. The lowest BCUT2D eigenvalue weighted by molar-refractivity contribution is 0.613. The molecule has 0 saturated heterocycles. The Morgan fingerprint density at radius 2 is 1.50 bits per heavy atom. The van der Waals surface area contributed by atoms with Gasteiger partial charge in [-0.05, 0) is 38.5 Å². The lowest BCUT2D eigenvalue weighted by Gasteiger charge is -1.99. The van der Waals surface area contributed by atoms with E-state index in [-0.39, 0.29) is 0 Å². The minimum atomic E-state index is 0.534.